The molecule has 0 radical (unpaired) electrons. The maximum atomic E-state index is 6.25. The van der Waals surface area contributed by atoms with Gasteiger partial charge in [-0.25, -0.2) is 0 Å². The molecular weight excluding hydrogens is 224 g/mol. The topological polar surface area (TPSA) is 47.3 Å². The number of hydrogen-bond donors (Lipinski definition) is 2. The van der Waals surface area contributed by atoms with Crippen LogP contribution in [-0.4, -0.2) is 19.7 Å². The van der Waals surface area contributed by atoms with E-state index in [0.717, 1.165) is 17.9 Å². The predicted octanol–water partition coefficient (Wildman–Crippen LogP) is 2.82. The van der Waals surface area contributed by atoms with Crippen molar-refractivity contribution in [3.8, 4) is 5.75 Å². The standard InChI is InChI=1S/C15H26N2O/c1-10(2)12-6-7-15(18-5)13(8-12)14(16)9-17-11(3)4/h6-8,10-11,14,17H,9,16H2,1-5H3. The Labute approximate surface area is 111 Å². The minimum atomic E-state index is -0.0407. The lowest BCUT2D eigenvalue weighted by molar-refractivity contribution is 0.402. The number of hydrogen-bond acceptors (Lipinski definition) is 3. The number of ether oxygens (including phenoxy) is 1. The number of nitrogens with two attached hydrogens (primary N) is 1. The molecule has 0 aliphatic heterocycles. The van der Waals surface area contributed by atoms with Crippen LogP contribution in [0.2, 0.25) is 0 Å². The number of methoxy groups -OCH3 is 1. The molecule has 0 aromatic heterocycles. The maximum absolute atomic E-state index is 6.25. The Morgan fingerprint density at radius 1 is 1.22 bits per heavy atom. The second-order valence-electron chi connectivity index (χ2n) is 5.33. The van der Waals surface area contributed by atoms with Crippen LogP contribution >= 0.6 is 0 Å². The fourth-order valence-electron chi connectivity index (χ4n) is 1.87. The third-order valence-electron chi connectivity index (χ3n) is 3.07. The van der Waals surface area contributed by atoms with Gasteiger partial charge in [0.25, 0.3) is 0 Å². The van der Waals surface area contributed by atoms with Crippen LogP contribution in [0.5, 0.6) is 5.75 Å². The van der Waals surface area contributed by atoms with Crippen molar-refractivity contribution < 1.29 is 4.74 Å². The van der Waals surface area contributed by atoms with Gasteiger partial charge in [-0.3, -0.25) is 0 Å². The Bertz CT molecular complexity index is 375. The van der Waals surface area contributed by atoms with Crippen molar-refractivity contribution >= 4 is 0 Å². The van der Waals surface area contributed by atoms with Crippen LogP contribution in [0, 0.1) is 0 Å². The quantitative estimate of drug-likeness (QED) is 0.816. The molecule has 0 aliphatic rings. The van der Waals surface area contributed by atoms with E-state index in [4.69, 9.17) is 10.5 Å². The molecule has 102 valence electrons. The zero-order valence-electron chi connectivity index (χ0n) is 12.2. The molecule has 1 rings (SSSR count). The highest BCUT2D eigenvalue weighted by Gasteiger charge is 2.14. The van der Waals surface area contributed by atoms with Crippen molar-refractivity contribution in [3.63, 3.8) is 0 Å². The second-order valence-corrected chi connectivity index (χ2v) is 5.33. The highest BCUT2D eigenvalue weighted by Crippen LogP contribution is 2.27. The molecule has 1 atom stereocenters. The minimum Gasteiger partial charge on any atom is -0.496 e. The summed E-state index contributed by atoms with van der Waals surface area (Å²) in [6, 6.07) is 6.68. The van der Waals surface area contributed by atoms with E-state index in [2.05, 4.69) is 45.1 Å². The lowest BCUT2D eigenvalue weighted by atomic mass is 9.97. The van der Waals surface area contributed by atoms with E-state index in [0.29, 0.717) is 12.0 Å². The minimum absolute atomic E-state index is 0.0407. The van der Waals surface area contributed by atoms with Gasteiger partial charge in [0, 0.05) is 24.2 Å². The lowest BCUT2D eigenvalue weighted by Gasteiger charge is -2.19. The summed E-state index contributed by atoms with van der Waals surface area (Å²) < 4.78 is 5.40. The number of benzene rings is 1. The average molecular weight is 250 g/mol. The molecule has 0 heterocycles. The van der Waals surface area contributed by atoms with Gasteiger partial charge in [-0.2, -0.15) is 0 Å². The van der Waals surface area contributed by atoms with Gasteiger partial charge in [-0.15, -0.1) is 0 Å². The van der Waals surface area contributed by atoms with Gasteiger partial charge in [-0.05, 0) is 17.5 Å². The van der Waals surface area contributed by atoms with Crippen LogP contribution in [0.3, 0.4) is 0 Å². The molecule has 3 nitrogen and oxygen atoms in total. The number of rotatable bonds is 6. The summed E-state index contributed by atoms with van der Waals surface area (Å²) in [5.74, 6) is 1.37. The van der Waals surface area contributed by atoms with Gasteiger partial charge in [0.15, 0.2) is 0 Å². The van der Waals surface area contributed by atoms with E-state index in [9.17, 15) is 0 Å². The van der Waals surface area contributed by atoms with Gasteiger partial charge < -0.3 is 15.8 Å². The first-order valence-corrected chi connectivity index (χ1v) is 6.62. The van der Waals surface area contributed by atoms with Crippen LogP contribution in [0.1, 0.15) is 50.8 Å². The van der Waals surface area contributed by atoms with Crippen molar-refractivity contribution in [2.75, 3.05) is 13.7 Å². The van der Waals surface area contributed by atoms with Gasteiger partial charge in [0.2, 0.25) is 0 Å². The Morgan fingerprint density at radius 3 is 2.39 bits per heavy atom. The molecule has 0 fully saturated rings. The third kappa shape index (κ3) is 4.00. The summed E-state index contributed by atoms with van der Waals surface area (Å²) in [7, 11) is 1.69. The summed E-state index contributed by atoms with van der Waals surface area (Å²) in [5.41, 5.74) is 8.62. The zero-order chi connectivity index (χ0) is 13.7. The number of nitrogens with one attached hydrogen (secondary N) is 1. The molecular formula is C15H26N2O. The first kappa shape index (κ1) is 15.0. The molecule has 0 aliphatic carbocycles. The van der Waals surface area contributed by atoms with E-state index in [1.165, 1.54) is 5.56 Å². The zero-order valence-corrected chi connectivity index (χ0v) is 12.2. The second kappa shape index (κ2) is 6.76. The van der Waals surface area contributed by atoms with Gasteiger partial charge in [-0.1, -0.05) is 39.8 Å². The average Bonchev–Trinajstić information content (AvgIpc) is 2.34. The Morgan fingerprint density at radius 2 is 1.89 bits per heavy atom. The molecule has 0 amide bonds. The molecule has 0 bridgehead atoms. The van der Waals surface area contributed by atoms with E-state index < -0.39 is 0 Å². The lowest BCUT2D eigenvalue weighted by Crippen LogP contribution is -2.32. The van der Waals surface area contributed by atoms with E-state index in [1.54, 1.807) is 7.11 Å². The molecule has 0 spiro atoms. The molecule has 1 unspecified atom stereocenters. The Balaban J connectivity index is 2.92. The highest BCUT2D eigenvalue weighted by atomic mass is 16.5. The van der Waals surface area contributed by atoms with E-state index >= 15 is 0 Å². The van der Waals surface area contributed by atoms with Crippen molar-refractivity contribution in [2.45, 2.75) is 45.7 Å². The van der Waals surface area contributed by atoms with Crippen LogP contribution in [0.15, 0.2) is 18.2 Å². The van der Waals surface area contributed by atoms with Crippen molar-refractivity contribution in [1.82, 2.24) is 5.32 Å². The summed E-state index contributed by atoms with van der Waals surface area (Å²) in [4.78, 5) is 0. The van der Waals surface area contributed by atoms with Gasteiger partial charge >= 0.3 is 0 Å². The summed E-state index contributed by atoms with van der Waals surface area (Å²) in [6.07, 6.45) is 0. The van der Waals surface area contributed by atoms with Crippen molar-refractivity contribution in [3.05, 3.63) is 29.3 Å². The predicted molar refractivity (Wildman–Crippen MR) is 77.2 cm³/mol. The highest BCUT2D eigenvalue weighted by molar-refractivity contribution is 5.40. The van der Waals surface area contributed by atoms with E-state index in [-0.39, 0.29) is 6.04 Å². The van der Waals surface area contributed by atoms with Crippen LogP contribution < -0.4 is 15.8 Å². The smallest absolute Gasteiger partial charge is 0.123 e. The summed E-state index contributed by atoms with van der Waals surface area (Å²) in [6.45, 7) is 9.37. The fraction of sp³-hybridized carbons (Fsp3) is 0.600. The Hall–Kier alpha value is -1.06. The molecule has 3 N–H and O–H groups in total. The van der Waals surface area contributed by atoms with Crippen LogP contribution in [0.4, 0.5) is 0 Å². The molecule has 18 heavy (non-hydrogen) atoms. The summed E-state index contributed by atoms with van der Waals surface area (Å²) >= 11 is 0. The fourth-order valence-corrected chi connectivity index (χ4v) is 1.87. The third-order valence-corrected chi connectivity index (χ3v) is 3.07. The first-order chi connectivity index (χ1) is 8.45. The largest absolute Gasteiger partial charge is 0.496 e. The molecule has 1 aromatic rings. The maximum Gasteiger partial charge on any atom is 0.123 e. The normalized spacial score (nSPS) is 13.1. The van der Waals surface area contributed by atoms with Gasteiger partial charge in [0.1, 0.15) is 5.75 Å². The molecule has 1 aromatic carbocycles. The van der Waals surface area contributed by atoms with Crippen LogP contribution in [-0.2, 0) is 0 Å². The van der Waals surface area contributed by atoms with Crippen LogP contribution in [0.25, 0.3) is 0 Å². The molecule has 3 heteroatoms. The van der Waals surface area contributed by atoms with Crippen molar-refractivity contribution in [1.29, 1.82) is 0 Å². The summed E-state index contributed by atoms with van der Waals surface area (Å²) in [5, 5.41) is 3.36. The van der Waals surface area contributed by atoms with Gasteiger partial charge in [0.05, 0.1) is 7.11 Å². The van der Waals surface area contributed by atoms with E-state index in [1.807, 2.05) is 6.07 Å². The first-order valence-electron chi connectivity index (χ1n) is 6.62. The Kier molecular flexibility index (Phi) is 5.63. The molecule has 0 saturated heterocycles. The molecule has 0 saturated carbocycles. The van der Waals surface area contributed by atoms with Crippen molar-refractivity contribution in [2.24, 2.45) is 5.73 Å². The SMILES string of the molecule is COc1ccc(C(C)C)cc1C(N)CNC(C)C. The monoisotopic (exact) mass is 250 g/mol.